The minimum absolute atomic E-state index is 0.0910. The van der Waals surface area contributed by atoms with Crippen LogP contribution in [-0.2, 0) is 0 Å². The lowest BCUT2D eigenvalue weighted by Gasteiger charge is -2.37. The number of rotatable bonds is 5. The van der Waals surface area contributed by atoms with Gasteiger partial charge in [-0.25, -0.2) is 4.98 Å². The molecule has 1 amide bonds. The standard InChI is InChI=1S/C21H28N4O3/c1-14-11-25(15(2)13-26)21(27)18-8-17(16-6-5-7-22-9-16)10-23-20(18)28-19(14)12-24(3)4/h5-10,14-15,19,26H,11-13H2,1-4H3/t14-,15-,19-/m1/s1. The van der Waals surface area contributed by atoms with E-state index in [0.717, 1.165) is 11.1 Å². The van der Waals surface area contributed by atoms with Crippen LogP contribution in [0.4, 0.5) is 0 Å². The van der Waals surface area contributed by atoms with Gasteiger partial charge in [-0.2, -0.15) is 0 Å². The SMILES string of the molecule is C[C@@H]1CN([C@H](C)CO)C(=O)c2cc(-c3cccnc3)cnc2O[C@@H]1CN(C)C. The third kappa shape index (κ3) is 4.31. The molecule has 0 unspecified atom stereocenters. The number of likely N-dealkylation sites (N-methyl/N-ethyl adjacent to an activating group) is 1. The molecule has 28 heavy (non-hydrogen) atoms. The molecule has 0 radical (unpaired) electrons. The van der Waals surface area contributed by atoms with Crippen molar-refractivity contribution in [3.8, 4) is 17.0 Å². The molecule has 0 spiro atoms. The minimum atomic E-state index is -0.289. The van der Waals surface area contributed by atoms with Crippen molar-refractivity contribution in [3.05, 3.63) is 42.4 Å². The van der Waals surface area contributed by atoms with Gasteiger partial charge in [-0.3, -0.25) is 9.78 Å². The van der Waals surface area contributed by atoms with Gasteiger partial charge in [-0.1, -0.05) is 13.0 Å². The Balaban J connectivity index is 2.06. The van der Waals surface area contributed by atoms with Crippen LogP contribution in [0.1, 0.15) is 24.2 Å². The number of fused-ring (bicyclic) bond motifs is 1. The second-order valence-electron chi connectivity index (χ2n) is 7.70. The molecule has 0 aliphatic carbocycles. The molecule has 0 aromatic carbocycles. The van der Waals surface area contributed by atoms with Crippen LogP contribution in [0.15, 0.2) is 36.8 Å². The monoisotopic (exact) mass is 384 g/mol. The zero-order valence-electron chi connectivity index (χ0n) is 16.9. The lowest BCUT2D eigenvalue weighted by atomic mass is 9.99. The molecule has 0 saturated carbocycles. The van der Waals surface area contributed by atoms with Crippen molar-refractivity contribution in [1.29, 1.82) is 0 Å². The smallest absolute Gasteiger partial charge is 0.259 e. The van der Waals surface area contributed by atoms with Crippen molar-refractivity contribution in [1.82, 2.24) is 19.8 Å². The van der Waals surface area contributed by atoms with Crippen LogP contribution < -0.4 is 4.74 Å². The summed E-state index contributed by atoms with van der Waals surface area (Å²) in [6.45, 7) is 5.04. The summed E-state index contributed by atoms with van der Waals surface area (Å²) in [5, 5.41) is 9.69. The topological polar surface area (TPSA) is 78.8 Å². The van der Waals surface area contributed by atoms with Crippen molar-refractivity contribution in [2.45, 2.75) is 26.0 Å². The van der Waals surface area contributed by atoms with E-state index < -0.39 is 0 Å². The number of aromatic nitrogens is 2. The predicted octanol–water partition coefficient (Wildman–Crippen LogP) is 1.93. The van der Waals surface area contributed by atoms with E-state index >= 15 is 0 Å². The predicted molar refractivity (Wildman–Crippen MR) is 107 cm³/mol. The second-order valence-corrected chi connectivity index (χ2v) is 7.70. The van der Waals surface area contributed by atoms with Gasteiger partial charge in [0.2, 0.25) is 5.88 Å². The molecule has 3 atom stereocenters. The Labute approximate surface area is 166 Å². The van der Waals surface area contributed by atoms with Crippen LogP contribution >= 0.6 is 0 Å². The van der Waals surface area contributed by atoms with Crippen LogP contribution in [0.3, 0.4) is 0 Å². The normalized spacial score (nSPS) is 20.9. The molecule has 0 saturated heterocycles. The highest BCUT2D eigenvalue weighted by Crippen LogP contribution is 2.30. The number of pyridine rings is 2. The van der Waals surface area contributed by atoms with E-state index in [9.17, 15) is 9.90 Å². The molecule has 2 aromatic heterocycles. The number of nitrogens with zero attached hydrogens (tertiary/aromatic N) is 4. The molecule has 2 aromatic rings. The Morgan fingerprint density at radius 1 is 1.36 bits per heavy atom. The minimum Gasteiger partial charge on any atom is -0.472 e. The number of amides is 1. The van der Waals surface area contributed by atoms with E-state index in [1.54, 1.807) is 23.5 Å². The van der Waals surface area contributed by atoms with E-state index in [2.05, 4.69) is 21.8 Å². The molecule has 7 heteroatoms. The Morgan fingerprint density at radius 2 is 2.14 bits per heavy atom. The fraction of sp³-hybridized carbons (Fsp3) is 0.476. The molecule has 150 valence electrons. The molecule has 1 aliphatic rings. The van der Waals surface area contributed by atoms with Gasteiger partial charge in [-0.05, 0) is 33.2 Å². The number of carbonyl (C=O) groups is 1. The average molecular weight is 384 g/mol. The van der Waals surface area contributed by atoms with Crippen molar-refractivity contribution in [3.63, 3.8) is 0 Å². The summed E-state index contributed by atoms with van der Waals surface area (Å²) in [7, 11) is 3.99. The summed E-state index contributed by atoms with van der Waals surface area (Å²) < 4.78 is 6.20. The van der Waals surface area contributed by atoms with E-state index in [-0.39, 0.29) is 30.6 Å². The summed E-state index contributed by atoms with van der Waals surface area (Å²) >= 11 is 0. The second kappa shape index (κ2) is 8.67. The van der Waals surface area contributed by atoms with Gasteiger partial charge in [0.15, 0.2) is 0 Å². The number of ether oxygens (including phenoxy) is 1. The average Bonchev–Trinajstić information content (AvgIpc) is 2.70. The van der Waals surface area contributed by atoms with Gasteiger partial charge < -0.3 is 19.6 Å². The first-order valence-corrected chi connectivity index (χ1v) is 9.54. The molecule has 1 aliphatic heterocycles. The number of aliphatic hydroxyl groups is 1. The van der Waals surface area contributed by atoms with Crippen molar-refractivity contribution < 1.29 is 14.6 Å². The molecule has 3 heterocycles. The van der Waals surface area contributed by atoms with Gasteiger partial charge >= 0.3 is 0 Å². The molecular formula is C21H28N4O3. The molecule has 3 rings (SSSR count). The molecule has 1 N–H and O–H groups in total. The van der Waals surface area contributed by atoms with Gasteiger partial charge in [0, 0.05) is 48.7 Å². The Kier molecular flexibility index (Phi) is 6.26. The Morgan fingerprint density at radius 3 is 2.79 bits per heavy atom. The van der Waals surface area contributed by atoms with Crippen LogP contribution in [-0.4, -0.2) is 76.7 Å². The summed E-state index contributed by atoms with van der Waals surface area (Å²) in [6.07, 6.45) is 5.04. The quantitative estimate of drug-likeness (QED) is 0.849. The lowest BCUT2D eigenvalue weighted by Crippen LogP contribution is -2.49. The van der Waals surface area contributed by atoms with Crippen LogP contribution in [0.5, 0.6) is 5.88 Å². The third-order valence-electron chi connectivity index (χ3n) is 5.06. The maximum absolute atomic E-state index is 13.3. The summed E-state index contributed by atoms with van der Waals surface area (Å²) in [4.78, 5) is 25.7. The molecule has 7 nitrogen and oxygen atoms in total. The first-order valence-electron chi connectivity index (χ1n) is 9.54. The number of aliphatic hydroxyl groups excluding tert-OH is 1. The number of hydrogen-bond acceptors (Lipinski definition) is 6. The van der Waals surface area contributed by atoms with E-state index in [1.807, 2.05) is 39.2 Å². The fourth-order valence-corrected chi connectivity index (χ4v) is 3.37. The first-order chi connectivity index (χ1) is 13.4. The zero-order valence-corrected chi connectivity index (χ0v) is 16.9. The number of carbonyl (C=O) groups excluding carboxylic acids is 1. The maximum atomic E-state index is 13.3. The largest absolute Gasteiger partial charge is 0.472 e. The highest BCUT2D eigenvalue weighted by atomic mass is 16.5. The van der Waals surface area contributed by atoms with E-state index in [0.29, 0.717) is 24.5 Å². The van der Waals surface area contributed by atoms with Gasteiger partial charge in [0.1, 0.15) is 11.7 Å². The highest BCUT2D eigenvalue weighted by molar-refractivity contribution is 5.98. The lowest BCUT2D eigenvalue weighted by molar-refractivity contribution is 0.0348. The fourth-order valence-electron chi connectivity index (χ4n) is 3.37. The van der Waals surface area contributed by atoms with Crippen LogP contribution in [0.2, 0.25) is 0 Å². The van der Waals surface area contributed by atoms with Gasteiger partial charge in [-0.15, -0.1) is 0 Å². The zero-order chi connectivity index (χ0) is 20.3. The Hall–Kier alpha value is -2.51. The van der Waals surface area contributed by atoms with E-state index in [4.69, 9.17) is 4.74 Å². The molecule has 0 bridgehead atoms. The maximum Gasteiger partial charge on any atom is 0.259 e. The summed E-state index contributed by atoms with van der Waals surface area (Å²) in [5.74, 6) is 0.254. The van der Waals surface area contributed by atoms with Crippen molar-refractivity contribution >= 4 is 5.91 Å². The van der Waals surface area contributed by atoms with Crippen LogP contribution in [0, 0.1) is 5.92 Å². The summed E-state index contributed by atoms with van der Waals surface area (Å²) in [5.41, 5.74) is 2.10. The third-order valence-corrected chi connectivity index (χ3v) is 5.06. The van der Waals surface area contributed by atoms with E-state index in [1.165, 1.54) is 0 Å². The molecular weight excluding hydrogens is 356 g/mol. The highest BCUT2D eigenvalue weighted by Gasteiger charge is 2.33. The Bertz CT molecular complexity index is 813. The first kappa shape index (κ1) is 20.2. The number of hydrogen-bond donors (Lipinski definition) is 1. The van der Waals surface area contributed by atoms with Crippen LogP contribution in [0.25, 0.3) is 11.1 Å². The van der Waals surface area contributed by atoms with Crippen molar-refractivity contribution in [2.75, 3.05) is 33.8 Å². The molecule has 0 fully saturated rings. The van der Waals surface area contributed by atoms with Gasteiger partial charge in [0.25, 0.3) is 5.91 Å². The summed E-state index contributed by atoms with van der Waals surface area (Å²) in [6, 6.07) is 5.29. The van der Waals surface area contributed by atoms with Crippen molar-refractivity contribution in [2.24, 2.45) is 5.92 Å². The van der Waals surface area contributed by atoms with Gasteiger partial charge in [0.05, 0.1) is 12.6 Å².